The minimum absolute atomic E-state index is 0.0951. The molecule has 1 aromatic carbocycles. The third-order valence-corrected chi connectivity index (χ3v) is 4.95. The monoisotopic (exact) mass is 444 g/mol. The van der Waals surface area contributed by atoms with Gasteiger partial charge in [-0.25, -0.2) is 4.68 Å². The molecule has 2 N–H and O–H groups in total. The molecule has 9 heteroatoms. The van der Waals surface area contributed by atoms with E-state index in [1.54, 1.807) is 24.3 Å². The second-order valence-corrected chi connectivity index (χ2v) is 7.91. The maximum absolute atomic E-state index is 13.6. The van der Waals surface area contributed by atoms with E-state index in [1.165, 1.54) is 6.20 Å². The number of nitrogens with one attached hydrogen (secondary N) is 2. The fourth-order valence-electron chi connectivity index (χ4n) is 3.03. The molecule has 2 heterocycles. The summed E-state index contributed by atoms with van der Waals surface area (Å²) in [4.78, 5) is 12.4. The summed E-state index contributed by atoms with van der Waals surface area (Å²) in [7, 11) is 0. The normalized spacial score (nSPS) is 19.5. The highest BCUT2D eigenvalue weighted by Crippen LogP contribution is 2.44. The van der Waals surface area contributed by atoms with E-state index in [4.69, 9.17) is 0 Å². The molecule has 1 aliphatic rings. The van der Waals surface area contributed by atoms with Crippen LogP contribution in [-0.4, -0.2) is 28.4 Å². The minimum Gasteiger partial charge on any atom is -0.363 e. The molecule has 2 atom stereocenters. The van der Waals surface area contributed by atoms with Gasteiger partial charge in [0.2, 0.25) is 0 Å². The minimum atomic E-state index is -4.47. The van der Waals surface area contributed by atoms with Crippen molar-refractivity contribution in [2.24, 2.45) is 5.92 Å². The van der Waals surface area contributed by atoms with Gasteiger partial charge in [0.1, 0.15) is 11.4 Å². The van der Waals surface area contributed by atoms with Gasteiger partial charge in [-0.3, -0.25) is 4.79 Å². The van der Waals surface area contributed by atoms with Crippen LogP contribution in [0.15, 0.2) is 34.9 Å². The largest absolute Gasteiger partial charge is 0.410 e. The van der Waals surface area contributed by atoms with Gasteiger partial charge in [0.05, 0.1) is 12.2 Å². The van der Waals surface area contributed by atoms with E-state index >= 15 is 0 Å². The van der Waals surface area contributed by atoms with Crippen LogP contribution in [-0.2, 0) is 0 Å². The van der Waals surface area contributed by atoms with Gasteiger partial charge in [-0.1, -0.05) is 41.9 Å². The molecule has 0 unspecified atom stereocenters. The van der Waals surface area contributed by atoms with Crippen molar-refractivity contribution in [2.75, 3.05) is 11.9 Å². The second kappa shape index (κ2) is 7.53. The number of anilines is 1. The first kappa shape index (κ1) is 19.7. The van der Waals surface area contributed by atoms with Crippen molar-refractivity contribution in [3.05, 3.63) is 46.1 Å². The van der Waals surface area contributed by atoms with Gasteiger partial charge in [-0.05, 0) is 23.6 Å². The highest BCUT2D eigenvalue weighted by Gasteiger charge is 2.47. The molecule has 2 aromatic rings. The third-order valence-electron chi connectivity index (χ3n) is 4.43. The highest BCUT2D eigenvalue weighted by molar-refractivity contribution is 9.10. The third kappa shape index (κ3) is 4.28. The van der Waals surface area contributed by atoms with Crippen LogP contribution in [0.1, 0.15) is 48.3 Å². The number of fused-ring (bicyclic) bond motifs is 1. The summed E-state index contributed by atoms with van der Waals surface area (Å²) < 4.78 is 42.6. The Balaban J connectivity index is 1.96. The summed E-state index contributed by atoms with van der Waals surface area (Å²) in [5.41, 5.74) is 0.833. The average molecular weight is 445 g/mol. The Bertz CT molecular complexity index is 817. The molecule has 27 heavy (non-hydrogen) atoms. The van der Waals surface area contributed by atoms with E-state index in [0.29, 0.717) is 12.1 Å². The molecule has 0 bridgehead atoms. The number of carbonyl (C=O) groups excluding carboxylic acids is 1. The molecule has 0 saturated heterocycles. The first-order valence-electron chi connectivity index (χ1n) is 8.61. The fourth-order valence-corrected chi connectivity index (χ4v) is 3.30. The van der Waals surface area contributed by atoms with Crippen molar-refractivity contribution < 1.29 is 18.0 Å². The summed E-state index contributed by atoms with van der Waals surface area (Å²) in [5.74, 6) is -0.112. The van der Waals surface area contributed by atoms with E-state index in [0.717, 1.165) is 9.15 Å². The lowest BCUT2D eigenvalue weighted by atomic mass is 9.96. The van der Waals surface area contributed by atoms with Gasteiger partial charge in [0, 0.05) is 17.4 Å². The van der Waals surface area contributed by atoms with Gasteiger partial charge >= 0.3 is 6.18 Å². The molecular formula is C18H20BrF3N4O. The molecule has 0 fully saturated rings. The molecule has 1 aromatic heterocycles. The van der Waals surface area contributed by atoms with Gasteiger partial charge in [-0.15, -0.1) is 0 Å². The molecule has 3 rings (SSSR count). The maximum atomic E-state index is 13.6. The van der Waals surface area contributed by atoms with Gasteiger partial charge < -0.3 is 10.6 Å². The Hall–Kier alpha value is -2.03. The van der Waals surface area contributed by atoms with Crippen LogP contribution in [0.5, 0.6) is 0 Å². The summed E-state index contributed by atoms with van der Waals surface area (Å²) in [6.45, 7) is 4.31. The number of hydrogen-bond acceptors (Lipinski definition) is 3. The molecule has 5 nitrogen and oxygen atoms in total. The zero-order valence-corrected chi connectivity index (χ0v) is 16.4. The molecule has 146 valence electrons. The molecule has 0 spiro atoms. The number of carbonyl (C=O) groups is 1. The molecule has 0 radical (unpaired) electrons. The topological polar surface area (TPSA) is 59.0 Å². The van der Waals surface area contributed by atoms with Crippen LogP contribution >= 0.6 is 15.9 Å². The lowest BCUT2D eigenvalue weighted by Gasteiger charge is -2.34. The lowest BCUT2D eigenvalue weighted by Crippen LogP contribution is -2.36. The predicted octanol–water partition coefficient (Wildman–Crippen LogP) is 4.69. The highest BCUT2D eigenvalue weighted by atomic mass is 79.9. The van der Waals surface area contributed by atoms with Crippen molar-refractivity contribution in [1.82, 2.24) is 15.1 Å². The van der Waals surface area contributed by atoms with E-state index in [9.17, 15) is 18.0 Å². The number of amides is 1. The zero-order chi connectivity index (χ0) is 19.8. The average Bonchev–Trinajstić information content (AvgIpc) is 3.02. The molecule has 0 aliphatic carbocycles. The van der Waals surface area contributed by atoms with E-state index in [-0.39, 0.29) is 23.7 Å². The van der Waals surface area contributed by atoms with Crippen molar-refractivity contribution in [2.45, 2.75) is 38.5 Å². The van der Waals surface area contributed by atoms with E-state index in [2.05, 4.69) is 31.7 Å². The van der Waals surface area contributed by atoms with Gasteiger partial charge in [-0.2, -0.15) is 18.3 Å². The first-order valence-corrected chi connectivity index (χ1v) is 9.40. The maximum Gasteiger partial charge on any atom is 0.410 e. The number of rotatable bonds is 4. The number of aromatic nitrogens is 2. The Morgan fingerprint density at radius 2 is 2.04 bits per heavy atom. The molecule has 0 saturated carbocycles. The quantitative estimate of drug-likeness (QED) is 0.718. The van der Waals surface area contributed by atoms with Crippen LogP contribution in [0.4, 0.5) is 19.0 Å². The van der Waals surface area contributed by atoms with Crippen molar-refractivity contribution in [3.63, 3.8) is 0 Å². The molecular weight excluding hydrogens is 425 g/mol. The first-order chi connectivity index (χ1) is 12.7. The summed E-state index contributed by atoms with van der Waals surface area (Å²) >= 11 is 3.32. The van der Waals surface area contributed by atoms with Crippen LogP contribution in [0, 0.1) is 5.92 Å². The number of hydrogen-bond donors (Lipinski definition) is 2. The van der Waals surface area contributed by atoms with E-state index in [1.807, 2.05) is 13.8 Å². The molecule has 1 aliphatic heterocycles. The Morgan fingerprint density at radius 3 is 2.63 bits per heavy atom. The van der Waals surface area contributed by atoms with Gasteiger partial charge in [0.15, 0.2) is 6.04 Å². The second-order valence-electron chi connectivity index (χ2n) is 7.00. The standard InChI is InChI=1S/C18H20BrF3N4O/c1-10(2)8-23-17(27)13-9-24-26-15(18(20,21)22)7-14(25-16(13)26)11-3-5-12(19)6-4-11/h3-6,9-10,14-15,25H,7-8H2,1-2H3,(H,23,27)/t14-,15+/m1/s1. The smallest absolute Gasteiger partial charge is 0.363 e. The van der Waals surface area contributed by atoms with Crippen molar-refractivity contribution in [3.8, 4) is 0 Å². The van der Waals surface area contributed by atoms with Crippen LogP contribution in [0.2, 0.25) is 0 Å². The molecule has 1 amide bonds. The summed E-state index contributed by atoms with van der Waals surface area (Å²) in [6.07, 6.45) is -3.48. The Morgan fingerprint density at radius 1 is 1.37 bits per heavy atom. The van der Waals surface area contributed by atoms with E-state index < -0.39 is 24.2 Å². The Labute approximate surface area is 163 Å². The van der Waals surface area contributed by atoms with Crippen LogP contribution < -0.4 is 10.6 Å². The van der Waals surface area contributed by atoms with Crippen LogP contribution in [0.3, 0.4) is 0 Å². The number of nitrogens with zero attached hydrogens (tertiary/aromatic N) is 2. The van der Waals surface area contributed by atoms with Crippen molar-refractivity contribution >= 4 is 27.7 Å². The zero-order valence-electron chi connectivity index (χ0n) is 14.8. The number of benzene rings is 1. The van der Waals surface area contributed by atoms with Gasteiger partial charge in [0.25, 0.3) is 5.91 Å². The number of halogens is 4. The SMILES string of the molecule is CC(C)CNC(=O)c1cnn2c1N[C@@H](c1ccc(Br)cc1)C[C@H]2C(F)(F)F. The number of alkyl halides is 3. The fraction of sp³-hybridized carbons (Fsp3) is 0.444. The van der Waals surface area contributed by atoms with Crippen LogP contribution in [0.25, 0.3) is 0 Å². The summed E-state index contributed by atoms with van der Waals surface area (Å²) in [5, 5.41) is 9.67. The lowest BCUT2D eigenvalue weighted by molar-refractivity contribution is -0.173. The van der Waals surface area contributed by atoms with Crippen molar-refractivity contribution in [1.29, 1.82) is 0 Å². The predicted molar refractivity (Wildman–Crippen MR) is 99.6 cm³/mol. The Kier molecular flexibility index (Phi) is 5.50. The summed E-state index contributed by atoms with van der Waals surface area (Å²) in [6, 6.07) is 4.71.